The number of carbonyl (C=O) groups is 2. The molecule has 0 atom stereocenters. The molecule has 2 aromatic heterocycles. The van der Waals surface area contributed by atoms with Crippen LogP contribution in [0.5, 0.6) is 0 Å². The number of aliphatic carboxylic acids is 2. The topological polar surface area (TPSA) is 164 Å². The zero-order valence-corrected chi connectivity index (χ0v) is 17.0. The van der Waals surface area contributed by atoms with Gasteiger partial charge in [0.05, 0.1) is 6.54 Å². The smallest absolute Gasteiger partial charge is 0.300 e. The third-order valence-corrected chi connectivity index (χ3v) is 3.68. The van der Waals surface area contributed by atoms with Crippen molar-refractivity contribution in [2.75, 3.05) is 11.1 Å². The SMILES string of the molecule is CC(=O)O.CC(=O)O.Nc1nccc(Nc2cc3c(c(-c4cccnc4)c2)CN=C3)n1. The summed E-state index contributed by atoms with van der Waals surface area (Å²) >= 11 is 0. The van der Waals surface area contributed by atoms with Gasteiger partial charge in [0.25, 0.3) is 11.9 Å². The normalized spacial score (nSPS) is 10.6. The van der Waals surface area contributed by atoms with Crippen LogP contribution in [-0.2, 0) is 16.1 Å². The zero-order chi connectivity index (χ0) is 22.8. The molecule has 3 aromatic rings. The number of benzene rings is 1. The Morgan fingerprint density at radius 2 is 1.81 bits per heavy atom. The Balaban J connectivity index is 0.000000370. The molecule has 0 saturated heterocycles. The van der Waals surface area contributed by atoms with E-state index in [-0.39, 0.29) is 5.95 Å². The summed E-state index contributed by atoms with van der Waals surface area (Å²) in [7, 11) is 0. The fourth-order valence-electron chi connectivity index (χ4n) is 2.66. The van der Waals surface area contributed by atoms with Crippen molar-refractivity contribution < 1.29 is 19.8 Å². The summed E-state index contributed by atoms with van der Waals surface area (Å²) in [6, 6.07) is 9.91. The minimum atomic E-state index is -0.833. The lowest BCUT2D eigenvalue weighted by Gasteiger charge is -2.12. The largest absolute Gasteiger partial charge is 0.481 e. The van der Waals surface area contributed by atoms with Gasteiger partial charge in [-0.2, -0.15) is 4.98 Å². The molecule has 1 aliphatic rings. The number of hydrogen-bond acceptors (Lipinski definition) is 8. The number of fused-ring (bicyclic) bond motifs is 1. The van der Waals surface area contributed by atoms with Crippen molar-refractivity contribution in [3.05, 3.63) is 60.0 Å². The van der Waals surface area contributed by atoms with Gasteiger partial charge in [0.15, 0.2) is 0 Å². The van der Waals surface area contributed by atoms with E-state index in [1.165, 1.54) is 5.56 Å². The van der Waals surface area contributed by atoms with E-state index in [1.807, 2.05) is 24.5 Å². The highest BCUT2D eigenvalue weighted by molar-refractivity contribution is 5.91. The third kappa shape index (κ3) is 7.54. The van der Waals surface area contributed by atoms with Crippen LogP contribution in [0.3, 0.4) is 0 Å². The molecular weight excluding hydrogens is 400 g/mol. The summed E-state index contributed by atoms with van der Waals surface area (Å²) in [5.41, 5.74) is 11.1. The molecule has 0 spiro atoms. The van der Waals surface area contributed by atoms with Crippen molar-refractivity contribution in [3.63, 3.8) is 0 Å². The Bertz CT molecular complexity index is 1070. The molecule has 0 unspecified atom stereocenters. The number of nitrogens with zero attached hydrogens (tertiary/aromatic N) is 4. The maximum Gasteiger partial charge on any atom is 0.300 e. The van der Waals surface area contributed by atoms with Crippen LogP contribution in [0, 0.1) is 0 Å². The number of nitrogens with one attached hydrogen (secondary N) is 1. The van der Waals surface area contributed by atoms with Crippen LogP contribution in [0.1, 0.15) is 25.0 Å². The highest BCUT2D eigenvalue weighted by Gasteiger charge is 2.15. The lowest BCUT2D eigenvalue weighted by Crippen LogP contribution is -2.00. The van der Waals surface area contributed by atoms with Gasteiger partial charge in [-0.05, 0) is 35.4 Å². The van der Waals surface area contributed by atoms with Gasteiger partial charge in [-0.1, -0.05) is 6.07 Å². The Labute approximate surface area is 178 Å². The average molecular weight is 422 g/mol. The number of aliphatic imine (C=N–C) groups is 1. The Kier molecular flexibility index (Phi) is 8.14. The Hall–Kier alpha value is -4.34. The molecule has 10 heteroatoms. The summed E-state index contributed by atoms with van der Waals surface area (Å²) in [6.45, 7) is 2.86. The maximum atomic E-state index is 9.00. The van der Waals surface area contributed by atoms with Gasteiger partial charge in [0.1, 0.15) is 5.82 Å². The molecule has 160 valence electrons. The molecule has 0 bridgehead atoms. The molecule has 0 amide bonds. The molecule has 1 aromatic carbocycles. The predicted octanol–water partition coefficient (Wildman–Crippen LogP) is 2.98. The molecular formula is C21H22N6O4. The van der Waals surface area contributed by atoms with Crippen LogP contribution in [0.25, 0.3) is 11.1 Å². The molecule has 0 radical (unpaired) electrons. The third-order valence-electron chi connectivity index (χ3n) is 3.68. The fraction of sp³-hybridized carbons (Fsp3) is 0.143. The number of pyridine rings is 1. The second-order valence-corrected chi connectivity index (χ2v) is 6.27. The highest BCUT2D eigenvalue weighted by atomic mass is 16.4. The van der Waals surface area contributed by atoms with E-state index < -0.39 is 11.9 Å². The number of nitrogen functional groups attached to an aromatic ring is 1. The Morgan fingerprint density at radius 1 is 1.10 bits per heavy atom. The maximum absolute atomic E-state index is 9.00. The van der Waals surface area contributed by atoms with Gasteiger partial charge >= 0.3 is 0 Å². The van der Waals surface area contributed by atoms with E-state index in [9.17, 15) is 0 Å². The Morgan fingerprint density at radius 3 is 2.42 bits per heavy atom. The van der Waals surface area contributed by atoms with E-state index in [0.29, 0.717) is 12.4 Å². The average Bonchev–Trinajstić information content (AvgIpc) is 3.16. The van der Waals surface area contributed by atoms with Crippen LogP contribution in [0.2, 0.25) is 0 Å². The van der Waals surface area contributed by atoms with Crippen LogP contribution >= 0.6 is 0 Å². The van der Waals surface area contributed by atoms with Crippen LogP contribution in [0.4, 0.5) is 17.5 Å². The van der Waals surface area contributed by atoms with Gasteiger partial charge < -0.3 is 21.3 Å². The predicted molar refractivity (Wildman–Crippen MR) is 117 cm³/mol. The van der Waals surface area contributed by atoms with E-state index >= 15 is 0 Å². The van der Waals surface area contributed by atoms with Crippen molar-refractivity contribution >= 4 is 35.6 Å². The van der Waals surface area contributed by atoms with E-state index in [4.69, 9.17) is 25.5 Å². The van der Waals surface area contributed by atoms with Gasteiger partial charge in [-0.3, -0.25) is 19.6 Å². The molecule has 0 fully saturated rings. The molecule has 5 N–H and O–H groups in total. The lowest BCUT2D eigenvalue weighted by atomic mass is 9.97. The second-order valence-electron chi connectivity index (χ2n) is 6.27. The quantitative estimate of drug-likeness (QED) is 0.496. The fourth-order valence-corrected chi connectivity index (χ4v) is 2.66. The highest BCUT2D eigenvalue weighted by Crippen LogP contribution is 2.32. The van der Waals surface area contributed by atoms with Gasteiger partial charge in [0, 0.05) is 55.5 Å². The molecule has 3 heterocycles. The zero-order valence-electron chi connectivity index (χ0n) is 17.0. The summed E-state index contributed by atoms with van der Waals surface area (Å²) in [6.07, 6.45) is 7.16. The van der Waals surface area contributed by atoms with Crippen molar-refractivity contribution in [2.24, 2.45) is 4.99 Å². The van der Waals surface area contributed by atoms with Gasteiger partial charge in [-0.25, -0.2) is 4.98 Å². The molecule has 1 aliphatic heterocycles. The molecule has 0 aliphatic carbocycles. The number of anilines is 3. The minimum absolute atomic E-state index is 0.241. The lowest BCUT2D eigenvalue weighted by molar-refractivity contribution is -0.135. The molecule has 10 nitrogen and oxygen atoms in total. The molecule has 31 heavy (non-hydrogen) atoms. The van der Waals surface area contributed by atoms with Crippen molar-refractivity contribution in [3.8, 4) is 11.1 Å². The molecule has 0 saturated carbocycles. The van der Waals surface area contributed by atoms with Crippen molar-refractivity contribution in [1.82, 2.24) is 15.0 Å². The van der Waals surface area contributed by atoms with Crippen LogP contribution in [-0.4, -0.2) is 43.3 Å². The minimum Gasteiger partial charge on any atom is -0.481 e. The number of carboxylic acids is 2. The van der Waals surface area contributed by atoms with E-state index in [2.05, 4.69) is 37.4 Å². The first-order valence-electron chi connectivity index (χ1n) is 9.08. The summed E-state index contributed by atoms with van der Waals surface area (Å²) in [4.78, 5) is 34.7. The number of aromatic nitrogens is 3. The summed E-state index contributed by atoms with van der Waals surface area (Å²) in [5.74, 6) is -0.769. The van der Waals surface area contributed by atoms with Crippen molar-refractivity contribution in [1.29, 1.82) is 0 Å². The summed E-state index contributed by atoms with van der Waals surface area (Å²) < 4.78 is 0. The van der Waals surface area contributed by atoms with Crippen molar-refractivity contribution in [2.45, 2.75) is 20.4 Å². The first-order chi connectivity index (χ1) is 14.8. The number of rotatable bonds is 3. The van der Waals surface area contributed by atoms with Gasteiger partial charge in [0.2, 0.25) is 5.95 Å². The molecule has 4 rings (SSSR count). The van der Waals surface area contributed by atoms with E-state index in [1.54, 1.807) is 18.5 Å². The monoisotopic (exact) mass is 422 g/mol. The standard InChI is InChI=1S/C17H14N6.2C2H4O2/c18-17-21-5-3-16(23-17)22-13-6-12-9-20-10-15(12)14(7-13)11-2-1-4-19-8-11;2*1-2(3)4/h1-9H,10H2,(H3,18,21,22,23);2*1H3,(H,3,4). The summed E-state index contributed by atoms with van der Waals surface area (Å²) in [5, 5.41) is 18.1. The van der Waals surface area contributed by atoms with E-state index in [0.717, 1.165) is 36.2 Å². The number of hydrogen-bond donors (Lipinski definition) is 4. The van der Waals surface area contributed by atoms with Crippen LogP contribution in [0.15, 0.2) is 53.9 Å². The first-order valence-corrected chi connectivity index (χ1v) is 9.08. The first kappa shape index (κ1) is 22.9. The second kappa shape index (κ2) is 11.0. The van der Waals surface area contributed by atoms with Crippen LogP contribution < -0.4 is 11.1 Å². The number of carboxylic acid groups (broad SMARTS) is 2. The number of nitrogens with two attached hydrogens (primary N) is 1. The van der Waals surface area contributed by atoms with Gasteiger partial charge in [-0.15, -0.1) is 0 Å².